The zero-order chi connectivity index (χ0) is 22.5. The number of carbonyl (C=O) groups excluding carboxylic acids is 2. The number of carbonyl (C=O) groups is 2. The molecule has 0 aliphatic carbocycles. The number of aromatic nitrogens is 2. The number of esters is 2. The zero-order valence-corrected chi connectivity index (χ0v) is 18.3. The van der Waals surface area contributed by atoms with Crippen LogP contribution < -0.4 is 0 Å². The number of ether oxygens (including phenoxy) is 2. The molecular weight excluding hydrogens is 406 g/mol. The van der Waals surface area contributed by atoms with Gasteiger partial charge in [-0.05, 0) is 25.0 Å². The predicted octanol–water partition coefficient (Wildman–Crippen LogP) is 3.47. The summed E-state index contributed by atoms with van der Waals surface area (Å²) in [5.41, 5.74) is 3.85. The van der Waals surface area contributed by atoms with E-state index >= 15 is 0 Å². The number of nitrogens with zero attached hydrogens (tertiary/aromatic N) is 3. The van der Waals surface area contributed by atoms with Crippen molar-refractivity contribution in [2.45, 2.75) is 25.4 Å². The maximum atomic E-state index is 12.6. The molecule has 0 spiro atoms. The van der Waals surface area contributed by atoms with Crippen molar-refractivity contribution in [3.8, 4) is 16.9 Å². The largest absolute Gasteiger partial charge is 0.469 e. The smallest absolute Gasteiger partial charge is 0.323 e. The topological polar surface area (TPSA) is 73.7 Å². The number of hydrogen-bond donors (Lipinski definition) is 0. The van der Waals surface area contributed by atoms with Crippen molar-refractivity contribution in [3.05, 3.63) is 72.4 Å². The van der Waals surface area contributed by atoms with Crippen molar-refractivity contribution in [2.75, 3.05) is 20.8 Å². The Labute approximate surface area is 187 Å². The number of piperidine rings is 1. The van der Waals surface area contributed by atoms with E-state index in [0.29, 0.717) is 25.9 Å². The molecule has 2 heterocycles. The molecule has 1 aromatic heterocycles. The second-order valence-electron chi connectivity index (χ2n) is 7.90. The van der Waals surface area contributed by atoms with Gasteiger partial charge >= 0.3 is 11.9 Å². The highest BCUT2D eigenvalue weighted by Gasteiger charge is 2.38. The van der Waals surface area contributed by atoms with E-state index in [-0.39, 0.29) is 17.9 Å². The van der Waals surface area contributed by atoms with E-state index in [2.05, 4.69) is 4.90 Å². The maximum absolute atomic E-state index is 12.6. The first kappa shape index (κ1) is 21.8. The quantitative estimate of drug-likeness (QED) is 0.555. The van der Waals surface area contributed by atoms with E-state index in [4.69, 9.17) is 14.6 Å². The molecule has 0 saturated carbocycles. The van der Waals surface area contributed by atoms with Crippen LogP contribution in [0.15, 0.2) is 66.9 Å². The molecule has 0 N–H and O–H groups in total. The lowest BCUT2D eigenvalue weighted by Gasteiger charge is -2.36. The molecule has 32 heavy (non-hydrogen) atoms. The van der Waals surface area contributed by atoms with Crippen LogP contribution in [0.1, 0.15) is 18.4 Å². The highest BCUT2D eigenvalue weighted by Crippen LogP contribution is 2.30. The molecule has 3 aromatic rings. The van der Waals surface area contributed by atoms with Crippen molar-refractivity contribution >= 4 is 11.9 Å². The molecule has 4 rings (SSSR count). The Hall–Kier alpha value is -3.45. The summed E-state index contributed by atoms with van der Waals surface area (Å²) in [6.45, 7) is 1.11. The van der Waals surface area contributed by atoms with Crippen LogP contribution in [-0.2, 0) is 25.6 Å². The molecule has 7 nitrogen and oxygen atoms in total. The van der Waals surface area contributed by atoms with Crippen molar-refractivity contribution in [1.82, 2.24) is 14.7 Å². The molecule has 0 amide bonds. The third kappa shape index (κ3) is 4.57. The Balaban J connectivity index is 1.67. The lowest BCUT2D eigenvalue weighted by molar-refractivity contribution is -0.154. The Morgan fingerprint density at radius 3 is 2.28 bits per heavy atom. The molecule has 7 heteroatoms. The molecule has 2 atom stereocenters. The van der Waals surface area contributed by atoms with Crippen LogP contribution in [0.25, 0.3) is 16.9 Å². The van der Waals surface area contributed by atoms with Crippen molar-refractivity contribution in [1.29, 1.82) is 0 Å². The van der Waals surface area contributed by atoms with Gasteiger partial charge in [0.15, 0.2) is 0 Å². The van der Waals surface area contributed by atoms with Gasteiger partial charge < -0.3 is 9.47 Å². The molecular formula is C25H27N3O4. The average Bonchev–Trinajstić information content (AvgIpc) is 3.28. The molecule has 1 aliphatic rings. The van der Waals surface area contributed by atoms with Crippen LogP contribution in [0.2, 0.25) is 0 Å². The van der Waals surface area contributed by atoms with Crippen LogP contribution in [0.3, 0.4) is 0 Å². The summed E-state index contributed by atoms with van der Waals surface area (Å²) in [6, 6.07) is 19.4. The molecule has 1 fully saturated rings. The summed E-state index contributed by atoms with van der Waals surface area (Å²) < 4.78 is 11.8. The standard InChI is InChI=1S/C25H27N3O4/c1-31-24(29)19-13-14-27(22(15-19)25(30)32-2)16-20-17-28(21-11-7-4-8-12-21)26-23(20)18-9-5-3-6-10-18/h3-12,17,19,22H,13-16H2,1-2H3. The number of likely N-dealkylation sites (tertiary alicyclic amines) is 1. The third-order valence-electron chi connectivity index (χ3n) is 5.95. The minimum Gasteiger partial charge on any atom is -0.469 e. The Kier molecular flexibility index (Phi) is 6.66. The van der Waals surface area contributed by atoms with Gasteiger partial charge in [-0.15, -0.1) is 0 Å². The van der Waals surface area contributed by atoms with Crippen molar-refractivity contribution < 1.29 is 19.1 Å². The van der Waals surface area contributed by atoms with Gasteiger partial charge in [0.25, 0.3) is 0 Å². The van der Waals surface area contributed by atoms with Crippen LogP contribution in [0.5, 0.6) is 0 Å². The van der Waals surface area contributed by atoms with Gasteiger partial charge in [0.05, 0.1) is 31.5 Å². The molecule has 2 aromatic carbocycles. The molecule has 2 unspecified atom stereocenters. The van der Waals surface area contributed by atoms with Gasteiger partial charge in [-0.2, -0.15) is 5.10 Å². The molecule has 0 bridgehead atoms. The lowest BCUT2D eigenvalue weighted by atomic mass is 9.90. The third-order valence-corrected chi connectivity index (χ3v) is 5.95. The number of benzene rings is 2. The number of rotatable bonds is 6. The minimum atomic E-state index is -0.512. The molecule has 1 saturated heterocycles. The fraction of sp³-hybridized carbons (Fsp3) is 0.320. The summed E-state index contributed by atoms with van der Waals surface area (Å²) in [7, 11) is 2.76. The van der Waals surface area contributed by atoms with E-state index in [0.717, 1.165) is 22.5 Å². The molecule has 166 valence electrons. The number of methoxy groups -OCH3 is 2. The lowest BCUT2D eigenvalue weighted by Crippen LogP contribution is -2.48. The van der Waals surface area contributed by atoms with Crippen molar-refractivity contribution in [3.63, 3.8) is 0 Å². The molecule has 0 radical (unpaired) electrons. The van der Waals surface area contributed by atoms with Gasteiger partial charge in [0.2, 0.25) is 0 Å². The number of hydrogen-bond acceptors (Lipinski definition) is 6. The highest BCUT2D eigenvalue weighted by atomic mass is 16.5. The van der Waals surface area contributed by atoms with E-state index in [1.165, 1.54) is 14.2 Å². The summed E-state index contributed by atoms with van der Waals surface area (Å²) >= 11 is 0. The van der Waals surface area contributed by atoms with Crippen molar-refractivity contribution in [2.24, 2.45) is 5.92 Å². The summed E-state index contributed by atoms with van der Waals surface area (Å²) in [4.78, 5) is 26.7. The van der Waals surface area contributed by atoms with E-state index in [1.54, 1.807) is 0 Å². The fourth-order valence-electron chi connectivity index (χ4n) is 4.26. The normalized spacial score (nSPS) is 18.8. The van der Waals surface area contributed by atoms with Crippen LogP contribution in [0.4, 0.5) is 0 Å². The SMILES string of the molecule is COC(=O)C1CCN(Cc2cn(-c3ccccc3)nc2-c2ccccc2)C(C(=O)OC)C1. The van der Waals surface area contributed by atoms with E-state index < -0.39 is 6.04 Å². The van der Waals surface area contributed by atoms with Gasteiger partial charge in [-0.1, -0.05) is 48.5 Å². The monoisotopic (exact) mass is 433 g/mol. The first-order valence-electron chi connectivity index (χ1n) is 10.7. The first-order valence-corrected chi connectivity index (χ1v) is 10.7. The second-order valence-corrected chi connectivity index (χ2v) is 7.90. The minimum absolute atomic E-state index is 0.277. The van der Waals surface area contributed by atoms with Gasteiger partial charge in [0, 0.05) is 30.4 Å². The van der Waals surface area contributed by atoms with Crippen LogP contribution in [0, 0.1) is 5.92 Å². The molecule has 1 aliphatic heterocycles. The number of para-hydroxylation sites is 1. The summed E-state index contributed by atoms with van der Waals surface area (Å²) in [5, 5.41) is 4.86. The van der Waals surface area contributed by atoms with Gasteiger partial charge in [0.1, 0.15) is 6.04 Å². The van der Waals surface area contributed by atoms with Crippen LogP contribution in [-0.4, -0.2) is 53.4 Å². The second kappa shape index (κ2) is 9.78. The Bertz CT molecular complexity index is 1070. The Morgan fingerprint density at radius 2 is 1.62 bits per heavy atom. The average molecular weight is 434 g/mol. The van der Waals surface area contributed by atoms with E-state index in [1.807, 2.05) is 71.5 Å². The first-order chi connectivity index (χ1) is 15.6. The zero-order valence-electron chi connectivity index (χ0n) is 18.3. The predicted molar refractivity (Wildman–Crippen MR) is 120 cm³/mol. The van der Waals surface area contributed by atoms with Gasteiger partial charge in [-0.25, -0.2) is 4.68 Å². The van der Waals surface area contributed by atoms with Crippen LogP contribution >= 0.6 is 0 Å². The summed E-state index contributed by atoms with van der Waals surface area (Å²) in [6.07, 6.45) is 3.03. The van der Waals surface area contributed by atoms with Gasteiger partial charge in [-0.3, -0.25) is 14.5 Å². The van der Waals surface area contributed by atoms with E-state index in [9.17, 15) is 9.59 Å². The Morgan fingerprint density at radius 1 is 0.969 bits per heavy atom. The maximum Gasteiger partial charge on any atom is 0.323 e. The summed E-state index contributed by atoms with van der Waals surface area (Å²) in [5.74, 6) is -0.920. The highest BCUT2D eigenvalue weighted by molar-refractivity contribution is 5.78. The fourth-order valence-corrected chi connectivity index (χ4v) is 4.26.